The highest BCUT2D eigenvalue weighted by Crippen LogP contribution is 2.32. The number of phenols is 1. The van der Waals surface area contributed by atoms with E-state index in [0.29, 0.717) is 24.4 Å². The van der Waals surface area contributed by atoms with Gasteiger partial charge in [-0.05, 0) is 49.1 Å². The number of aromatic nitrogens is 2. The number of aromatic hydroxyl groups is 1. The quantitative estimate of drug-likeness (QED) is 0.554. The van der Waals surface area contributed by atoms with Gasteiger partial charge in [0.15, 0.2) is 0 Å². The van der Waals surface area contributed by atoms with Crippen molar-refractivity contribution in [3.63, 3.8) is 0 Å². The lowest BCUT2D eigenvalue weighted by Crippen LogP contribution is -2.28. The van der Waals surface area contributed by atoms with Gasteiger partial charge in [0.2, 0.25) is 0 Å². The molecule has 0 bridgehead atoms. The molecule has 1 aromatic heterocycles. The molecule has 1 aromatic carbocycles. The Kier molecular flexibility index (Phi) is 5.75. The number of hydrogen-bond acceptors (Lipinski definition) is 3. The van der Waals surface area contributed by atoms with E-state index in [0.717, 1.165) is 24.1 Å². The highest BCUT2D eigenvalue weighted by Gasteiger charge is 2.17. The van der Waals surface area contributed by atoms with Gasteiger partial charge in [0, 0.05) is 12.1 Å². The Morgan fingerprint density at radius 1 is 1.00 bits per heavy atom. The first-order valence-electron chi connectivity index (χ1n) is 9.62. The largest absolute Gasteiger partial charge is 0.507 e. The van der Waals surface area contributed by atoms with Crippen LogP contribution in [0.15, 0.2) is 53.3 Å². The van der Waals surface area contributed by atoms with Gasteiger partial charge in [0.25, 0.3) is 5.56 Å². The van der Waals surface area contributed by atoms with Gasteiger partial charge in [0.1, 0.15) is 11.6 Å². The van der Waals surface area contributed by atoms with E-state index in [1.165, 1.54) is 11.1 Å². The molecule has 4 heteroatoms. The number of fused-ring (bicyclic) bond motifs is 1. The molecule has 0 radical (unpaired) electrons. The van der Waals surface area contributed by atoms with Crippen molar-refractivity contribution in [1.82, 2.24) is 9.55 Å². The molecule has 1 heterocycles. The second-order valence-corrected chi connectivity index (χ2v) is 6.61. The standard InChI is InChI=1S/C17H22N2O2.C6H4/c1-4-9-14-12(5-2)17(21)19(6-3)16(18-14)13-10-7-8-11-15(13)20;1-2-5-4-6(5)3-1/h7-8,10-11,20H,4-6,9H2,1-3H3;1-4H. The molecule has 0 amide bonds. The molecule has 27 heavy (non-hydrogen) atoms. The minimum absolute atomic E-state index is 0.0108. The van der Waals surface area contributed by atoms with Crippen molar-refractivity contribution in [2.75, 3.05) is 0 Å². The molecule has 1 N–H and O–H groups in total. The van der Waals surface area contributed by atoms with E-state index in [1.54, 1.807) is 22.8 Å². The normalized spacial score (nSPS) is 10.9. The number of benzene rings is 2. The Balaban J connectivity index is 0.000000290. The zero-order valence-corrected chi connectivity index (χ0v) is 16.2. The minimum Gasteiger partial charge on any atom is -0.507 e. The van der Waals surface area contributed by atoms with Gasteiger partial charge in [-0.3, -0.25) is 9.36 Å². The average Bonchev–Trinajstić information content (AvgIpc) is 3.27. The van der Waals surface area contributed by atoms with Crippen molar-refractivity contribution in [1.29, 1.82) is 0 Å². The van der Waals surface area contributed by atoms with Gasteiger partial charge >= 0.3 is 0 Å². The topological polar surface area (TPSA) is 55.1 Å². The van der Waals surface area contributed by atoms with Crippen LogP contribution in [0.25, 0.3) is 22.5 Å². The zero-order valence-electron chi connectivity index (χ0n) is 16.2. The summed E-state index contributed by atoms with van der Waals surface area (Å²) in [6.07, 6.45) is 2.40. The van der Waals surface area contributed by atoms with Crippen LogP contribution in [0.2, 0.25) is 0 Å². The Labute approximate surface area is 160 Å². The Morgan fingerprint density at radius 2 is 1.70 bits per heavy atom. The van der Waals surface area contributed by atoms with E-state index in [-0.39, 0.29) is 11.3 Å². The van der Waals surface area contributed by atoms with Crippen LogP contribution in [0.5, 0.6) is 5.75 Å². The van der Waals surface area contributed by atoms with E-state index >= 15 is 0 Å². The van der Waals surface area contributed by atoms with Gasteiger partial charge in [-0.15, -0.1) is 0 Å². The number of hydrogen-bond donors (Lipinski definition) is 1. The molecule has 0 aliphatic heterocycles. The minimum atomic E-state index is 0.0108. The fraction of sp³-hybridized carbons (Fsp3) is 0.304. The maximum atomic E-state index is 12.7. The summed E-state index contributed by atoms with van der Waals surface area (Å²) in [4.78, 5) is 17.4. The van der Waals surface area contributed by atoms with E-state index < -0.39 is 0 Å². The molecule has 140 valence electrons. The van der Waals surface area contributed by atoms with Gasteiger partial charge in [-0.1, -0.05) is 50.6 Å². The van der Waals surface area contributed by atoms with Crippen LogP contribution in [-0.4, -0.2) is 14.7 Å². The van der Waals surface area contributed by atoms with Crippen molar-refractivity contribution >= 4 is 0 Å². The van der Waals surface area contributed by atoms with Crippen LogP contribution >= 0.6 is 0 Å². The summed E-state index contributed by atoms with van der Waals surface area (Å²) in [6.45, 7) is 6.52. The number of nitrogens with zero attached hydrogens (tertiary/aromatic N) is 2. The first kappa shape index (κ1) is 18.9. The Morgan fingerprint density at radius 3 is 2.19 bits per heavy atom. The third-order valence-electron chi connectivity index (χ3n) is 4.76. The summed E-state index contributed by atoms with van der Waals surface area (Å²) >= 11 is 0. The zero-order chi connectivity index (χ0) is 19.4. The molecule has 2 aliphatic rings. The smallest absolute Gasteiger partial charge is 0.257 e. The van der Waals surface area contributed by atoms with E-state index in [1.807, 2.05) is 19.9 Å². The van der Waals surface area contributed by atoms with Gasteiger partial charge in [-0.2, -0.15) is 0 Å². The number of aryl methyl sites for hydroxylation is 1. The third kappa shape index (κ3) is 3.95. The van der Waals surface area contributed by atoms with Crippen molar-refractivity contribution in [3.8, 4) is 28.3 Å². The summed E-state index contributed by atoms with van der Waals surface area (Å²) in [6, 6.07) is 15.5. The van der Waals surface area contributed by atoms with E-state index in [9.17, 15) is 9.90 Å². The summed E-state index contributed by atoms with van der Waals surface area (Å²) in [7, 11) is 0. The SMILES string of the molecule is CCCc1nc(-c2ccccc2O)n(CC)c(=O)c1CC.c1cc2cc-2c1. The molecule has 0 fully saturated rings. The molecule has 2 aromatic rings. The van der Waals surface area contributed by atoms with Crippen LogP contribution in [-0.2, 0) is 19.4 Å². The summed E-state index contributed by atoms with van der Waals surface area (Å²) < 4.78 is 1.65. The lowest BCUT2D eigenvalue weighted by Gasteiger charge is -2.16. The highest BCUT2D eigenvalue weighted by molar-refractivity contribution is 5.80. The monoisotopic (exact) mass is 362 g/mol. The van der Waals surface area contributed by atoms with Crippen molar-refractivity contribution in [2.24, 2.45) is 0 Å². The maximum absolute atomic E-state index is 12.7. The van der Waals surface area contributed by atoms with Crippen molar-refractivity contribution < 1.29 is 5.11 Å². The van der Waals surface area contributed by atoms with E-state index in [4.69, 9.17) is 4.98 Å². The molecule has 0 saturated carbocycles. The van der Waals surface area contributed by atoms with Crippen molar-refractivity contribution in [2.45, 2.75) is 46.6 Å². The molecular formula is C23H26N2O2. The fourth-order valence-corrected chi connectivity index (χ4v) is 3.27. The second-order valence-electron chi connectivity index (χ2n) is 6.61. The predicted octanol–water partition coefficient (Wildman–Crippen LogP) is 4.82. The summed E-state index contributed by atoms with van der Waals surface area (Å²) in [5.41, 5.74) is 5.11. The maximum Gasteiger partial charge on any atom is 0.257 e. The first-order chi connectivity index (χ1) is 13.1. The lowest BCUT2D eigenvalue weighted by atomic mass is 10.1. The van der Waals surface area contributed by atoms with Gasteiger partial charge < -0.3 is 5.11 Å². The fourth-order valence-electron chi connectivity index (χ4n) is 3.27. The summed E-state index contributed by atoms with van der Waals surface area (Å²) in [5.74, 6) is 0.708. The number of para-hydroxylation sites is 1. The highest BCUT2D eigenvalue weighted by atomic mass is 16.3. The lowest BCUT2D eigenvalue weighted by molar-refractivity contribution is 0.476. The predicted molar refractivity (Wildman–Crippen MR) is 110 cm³/mol. The number of rotatable bonds is 5. The van der Waals surface area contributed by atoms with Crippen molar-refractivity contribution in [3.05, 3.63) is 70.1 Å². The first-order valence-corrected chi connectivity index (χ1v) is 9.62. The second kappa shape index (κ2) is 8.21. The van der Waals surface area contributed by atoms with Crippen LogP contribution < -0.4 is 5.56 Å². The van der Waals surface area contributed by atoms with Crippen LogP contribution in [0.4, 0.5) is 0 Å². The molecule has 0 atom stereocenters. The molecular weight excluding hydrogens is 336 g/mol. The van der Waals surface area contributed by atoms with Crippen LogP contribution in [0.3, 0.4) is 0 Å². The molecule has 0 saturated heterocycles. The molecule has 2 aliphatic carbocycles. The van der Waals surface area contributed by atoms with E-state index in [2.05, 4.69) is 31.2 Å². The Bertz CT molecular complexity index is 988. The number of phenolic OH excluding ortho intramolecular Hbond substituents is 1. The molecule has 0 spiro atoms. The third-order valence-corrected chi connectivity index (χ3v) is 4.76. The molecule has 4 rings (SSSR count). The van der Waals surface area contributed by atoms with Crippen LogP contribution in [0, 0.1) is 0 Å². The summed E-state index contributed by atoms with van der Waals surface area (Å²) in [5, 5.41) is 10.1. The molecule has 4 nitrogen and oxygen atoms in total. The average molecular weight is 362 g/mol. The Hall–Kier alpha value is -2.88. The molecule has 0 unspecified atom stereocenters. The van der Waals surface area contributed by atoms with Crippen LogP contribution in [0.1, 0.15) is 38.4 Å². The van der Waals surface area contributed by atoms with Gasteiger partial charge in [-0.25, -0.2) is 4.98 Å². The van der Waals surface area contributed by atoms with Gasteiger partial charge in [0.05, 0.1) is 11.3 Å².